The van der Waals surface area contributed by atoms with E-state index in [1.807, 2.05) is 0 Å². The Labute approximate surface area is 69.0 Å². The second kappa shape index (κ2) is 3.53. The molecule has 0 radical (unpaired) electrons. The summed E-state index contributed by atoms with van der Waals surface area (Å²) in [7, 11) is 1.40. The third kappa shape index (κ3) is 1.60. The van der Waals surface area contributed by atoms with Crippen molar-refractivity contribution in [3.05, 3.63) is 23.8 Å². The highest BCUT2D eigenvalue weighted by atomic mass is 35.5. The molecule has 0 atom stereocenters. The van der Waals surface area contributed by atoms with Crippen LogP contribution in [0.15, 0.2) is 12.3 Å². The minimum atomic E-state index is -0.481. The minimum Gasteiger partial charge on any atom is -0.494 e. The molecule has 0 saturated carbocycles. The number of rotatable bonds is 2. The summed E-state index contributed by atoms with van der Waals surface area (Å²) in [6, 6.07) is 1.45. The van der Waals surface area contributed by atoms with Crippen LogP contribution in [0.5, 0.6) is 5.75 Å². The third-order valence-electron chi connectivity index (χ3n) is 1.27. The molecule has 2 nitrogen and oxygen atoms in total. The summed E-state index contributed by atoms with van der Waals surface area (Å²) < 4.78 is 17.7. The standard InChI is InChI=1S/C7H7ClFNO/c1-11-6-2-3-10-5(4-8)7(6)9/h2-3H,4H2,1H3. The molecule has 11 heavy (non-hydrogen) atoms. The average molecular weight is 176 g/mol. The summed E-state index contributed by atoms with van der Waals surface area (Å²) in [6.45, 7) is 0. The minimum absolute atomic E-state index is 0.0586. The Balaban J connectivity index is 3.10. The van der Waals surface area contributed by atoms with Gasteiger partial charge in [-0.05, 0) is 0 Å². The number of ether oxygens (including phenoxy) is 1. The van der Waals surface area contributed by atoms with Crippen molar-refractivity contribution in [1.29, 1.82) is 0 Å². The van der Waals surface area contributed by atoms with E-state index in [2.05, 4.69) is 4.98 Å². The molecule has 0 unspecified atom stereocenters. The number of pyridine rings is 1. The van der Waals surface area contributed by atoms with Gasteiger partial charge in [0.25, 0.3) is 0 Å². The molecule has 0 aromatic carbocycles. The molecule has 0 aliphatic rings. The number of methoxy groups -OCH3 is 1. The highest BCUT2D eigenvalue weighted by Crippen LogP contribution is 2.18. The number of hydrogen-bond donors (Lipinski definition) is 0. The van der Waals surface area contributed by atoms with Gasteiger partial charge in [0, 0.05) is 12.3 Å². The molecule has 0 aliphatic heterocycles. The molecule has 1 heterocycles. The van der Waals surface area contributed by atoms with Crippen LogP contribution in [0.3, 0.4) is 0 Å². The Hall–Kier alpha value is -0.830. The van der Waals surface area contributed by atoms with Gasteiger partial charge in [0.15, 0.2) is 11.6 Å². The molecule has 1 aromatic heterocycles. The maximum absolute atomic E-state index is 13.0. The van der Waals surface area contributed by atoms with Crippen molar-refractivity contribution >= 4 is 11.6 Å². The van der Waals surface area contributed by atoms with Gasteiger partial charge >= 0.3 is 0 Å². The van der Waals surface area contributed by atoms with E-state index in [-0.39, 0.29) is 17.3 Å². The number of halogens is 2. The van der Waals surface area contributed by atoms with Crippen molar-refractivity contribution < 1.29 is 9.13 Å². The van der Waals surface area contributed by atoms with Crippen LogP contribution in [0.2, 0.25) is 0 Å². The summed E-state index contributed by atoms with van der Waals surface area (Å²) >= 11 is 5.40. The van der Waals surface area contributed by atoms with Gasteiger partial charge in [-0.15, -0.1) is 11.6 Å². The maximum atomic E-state index is 13.0. The van der Waals surface area contributed by atoms with Crippen molar-refractivity contribution in [3.8, 4) is 5.75 Å². The first-order valence-corrected chi connectivity index (χ1v) is 3.56. The third-order valence-corrected chi connectivity index (χ3v) is 1.53. The predicted octanol–water partition coefficient (Wildman–Crippen LogP) is 1.97. The van der Waals surface area contributed by atoms with Crippen LogP contribution in [0.1, 0.15) is 5.69 Å². The molecule has 0 spiro atoms. The van der Waals surface area contributed by atoms with Gasteiger partial charge in [-0.1, -0.05) is 0 Å². The second-order valence-electron chi connectivity index (χ2n) is 1.91. The van der Waals surface area contributed by atoms with Crippen LogP contribution in [0, 0.1) is 5.82 Å². The first-order valence-electron chi connectivity index (χ1n) is 3.03. The van der Waals surface area contributed by atoms with Gasteiger partial charge < -0.3 is 4.74 Å². The Bertz CT molecular complexity index is 232. The van der Waals surface area contributed by atoms with Crippen LogP contribution < -0.4 is 4.74 Å². The largest absolute Gasteiger partial charge is 0.494 e. The van der Waals surface area contributed by atoms with E-state index in [0.29, 0.717) is 0 Å². The van der Waals surface area contributed by atoms with E-state index in [1.165, 1.54) is 19.4 Å². The van der Waals surface area contributed by atoms with Crippen LogP contribution in [0.4, 0.5) is 4.39 Å². The molecule has 0 saturated heterocycles. The summed E-state index contributed by atoms with van der Waals surface area (Å²) in [5.41, 5.74) is 0.214. The lowest BCUT2D eigenvalue weighted by molar-refractivity contribution is 0.383. The van der Waals surface area contributed by atoms with Crippen LogP contribution in [-0.4, -0.2) is 12.1 Å². The van der Waals surface area contributed by atoms with E-state index in [0.717, 1.165) is 0 Å². The topological polar surface area (TPSA) is 22.1 Å². The van der Waals surface area contributed by atoms with Gasteiger partial charge in [0.05, 0.1) is 18.7 Å². The average Bonchev–Trinajstić information content (AvgIpc) is 2.05. The maximum Gasteiger partial charge on any atom is 0.187 e. The summed E-state index contributed by atoms with van der Waals surface area (Å²) in [6.07, 6.45) is 1.46. The molecule has 60 valence electrons. The second-order valence-corrected chi connectivity index (χ2v) is 2.17. The first kappa shape index (κ1) is 8.27. The molecule has 4 heteroatoms. The zero-order valence-electron chi connectivity index (χ0n) is 5.97. The number of hydrogen-bond acceptors (Lipinski definition) is 2. The molecule has 0 bridgehead atoms. The zero-order valence-corrected chi connectivity index (χ0v) is 6.73. The molecule has 1 rings (SSSR count). The number of aromatic nitrogens is 1. The van der Waals surface area contributed by atoms with Crippen molar-refractivity contribution in [3.63, 3.8) is 0 Å². The first-order chi connectivity index (χ1) is 5.29. The Morgan fingerprint density at radius 3 is 3.00 bits per heavy atom. The molecule has 0 amide bonds. The fraction of sp³-hybridized carbons (Fsp3) is 0.286. The van der Waals surface area contributed by atoms with Crippen LogP contribution in [0.25, 0.3) is 0 Å². The zero-order chi connectivity index (χ0) is 8.27. The Morgan fingerprint density at radius 1 is 1.73 bits per heavy atom. The van der Waals surface area contributed by atoms with Crippen molar-refractivity contribution in [1.82, 2.24) is 4.98 Å². The quantitative estimate of drug-likeness (QED) is 0.642. The van der Waals surface area contributed by atoms with Gasteiger partial charge in [-0.25, -0.2) is 4.39 Å². The summed E-state index contributed by atoms with van der Waals surface area (Å²) in [5.74, 6) is -0.246. The molecular weight excluding hydrogens is 169 g/mol. The molecule has 0 fully saturated rings. The van der Waals surface area contributed by atoms with Crippen LogP contribution in [-0.2, 0) is 5.88 Å². The lowest BCUT2D eigenvalue weighted by atomic mass is 10.3. The van der Waals surface area contributed by atoms with Gasteiger partial charge in [0.2, 0.25) is 0 Å². The monoisotopic (exact) mass is 175 g/mol. The number of nitrogens with zero attached hydrogens (tertiary/aromatic N) is 1. The fourth-order valence-corrected chi connectivity index (χ4v) is 0.904. The SMILES string of the molecule is COc1ccnc(CCl)c1F. The van der Waals surface area contributed by atoms with E-state index >= 15 is 0 Å². The lowest BCUT2D eigenvalue weighted by Crippen LogP contribution is -1.95. The number of alkyl halides is 1. The lowest BCUT2D eigenvalue weighted by Gasteiger charge is -2.02. The van der Waals surface area contributed by atoms with Crippen LogP contribution >= 0.6 is 11.6 Å². The molecule has 0 aliphatic carbocycles. The Morgan fingerprint density at radius 2 is 2.45 bits per heavy atom. The highest BCUT2D eigenvalue weighted by molar-refractivity contribution is 6.16. The van der Waals surface area contributed by atoms with E-state index in [4.69, 9.17) is 16.3 Å². The Kier molecular flexibility index (Phi) is 2.65. The summed E-state index contributed by atoms with van der Waals surface area (Å²) in [5, 5.41) is 0. The van der Waals surface area contributed by atoms with E-state index in [9.17, 15) is 4.39 Å². The van der Waals surface area contributed by atoms with Crippen molar-refractivity contribution in [2.24, 2.45) is 0 Å². The van der Waals surface area contributed by atoms with E-state index in [1.54, 1.807) is 0 Å². The molecule has 1 aromatic rings. The smallest absolute Gasteiger partial charge is 0.187 e. The summed E-state index contributed by atoms with van der Waals surface area (Å²) in [4.78, 5) is 3.72. The van der Waals surface area contributed by atoms with Crippen molar-refractivity contribution in [2.45, 2.75) is 5.88 Å². The molecular formula is C7H7ClFNO. The molecule has 0 N–H and O–H groups in total. The normalized spacial score (nSPS) is 9.73. The fourth-order valence-electron chi connectivity index (χ4n) is 0.718. The van der Waals surface area contributed by atoms with Gasteiger partial charge in [-0.2, -0.15) is 0 Å². The van der Waals surface area contributed by atoms with E-state index < -0.39 is 5.82 Å². The van der Waals surface area contributed by atoms with Gasteiger partial charge in [-0.3, -0.25) is 4.98 Å². The van der Waals surface area contributed by atoms with Gasteiger partial charge in [0.1, 0.15) is 0 Å². The predicted molar refractivity (Wildman–Crippen MR) is 40.3 cm³/mol. The highest BCUT2D eigenvalue weighted by Gasteiger charge is 2.07. The van der Waals surface area contributed by atoms with Crippen molar-refractivity contribution in [2.75, 3.05) is 7.11 Å².